The molecule has 0 radical (unpaired) electrons. The van der Waals surface area contributed by atoms with Gasteiger partial charge in [-0.25, -0.2) is 0 Å². The standard InChI is InChI=1S/C19H28N2O3/c1-3-8-17(19(23)24-4-2)21-13-11-16(12-14-21)20-18(22)15-9-6-5-7-10-15/h5-7,9-10,16-17H,3-4,8,11-14H2,1-2H3,(H,20,22)/t17-/m0/s1. The van der Waals surface area contributed by atoms with Crippen LogP contribution in [0.25, 0.3) is 0 Å². The van der Waals surface area contributed by atoms with E-state index in [4.69, 9.17) is 4.74 Å². The molecule has 1 saturated heterocycles. The van der Waals surface area contributed by atoms with Crippen molar-refractivity contribution in [3.05, 3.63) is 35.9 Å². The molecule has 1 fully saturated rings. The van der Waals surface area contributed by atoms with E-state index in [1.807, 2.05) is 37.3 Å². The second-order valence-corrected chi connectivity index (χ2v) is 6.21. The van der Waals surface area contributed by atoms with Crippen molar-refractivity contribution in [2.24, 2.45) is 0 Å². The first-order valence-electron chi connectivity index (χ1n) is 8.92. The summed E-state index contributed by atoms with van der Waals surface area (Å²) in [6.45, 7) is 5.96. The lowest BCUT2D eigenvalue weighted by atomic mass is 10.0. The van der Waals surface area contributed by atoms with Crippen LogP contribution in [0.15, 0.2) is 30.3 Å². The Kier molecular flexibility index (Phi) is 7.25. The zero-order valence-corrected chi connectivity index (χ0v) is 14.7. The summed E-state index contributed by atoms with van der Waals surface area (Å²) in [5.74, 6) is -0.143. The summed E-state index contributed by atoms with van der Waals surface area (Å²) in [5.41, 5.74) is 0.690. The molecular weight excluding hydrogens is 304 g/mol. The molecule has 5 heteroatoms. The molecule has 0 unspecified atom stereocenters. The highest BCUT2D eigenvalue weighted by molar-refractivity contribution is 5.94. The van der Waals surface area contributed by atoms with Gasteiger partial charge in [0.15, 0.2) is 0 Å². The van der Waals surface area contributed by atoms with Crippen LogP contribution in [0, 0.1) is 0 Å². The van der Waals surface area contributed by atoms with Crippen molar-refractivity contribution >= 4 is 11.9 Å². The van der Waals surface area contributed by atoms with Crippen molar-refractivity contribution < 1.29 is 14.3 Å². The van der Waals surface area contributed by atoms with Gasteiger partial charge in [-0.15, -0.1) is 0 Å². The van der Waals surface area contributed by atoms with E-state index in [1.54, 1.807) is 0 Å². The minimum atomic E-state index is -0.152. The van der Waals surface area contributed by atoms with Crippen molar-refractivity contribution in [3.8, 4) is 0 Å². The second-order valence-electron chi connectivity index (χ2n) is 6.21. The van der Waals surface area contributed by atoms with Gasteiger partial charge < -0.3 is 10.1 Å². The predicted molar refractivity (Wildman–Crippen MR) is 93.8 cm³/mol. The zero-order chi connectivity index (χ0) is 17.4. The van der Waals surface area contributed by atoms with Crippen LogP contribution in [0.1, 0.15) is 49.9 Å². The number of hydrogen-bond donors (Lipinski definition) is 1. The summed E-state index contributed by atoms with van der Waals surface area (Å²) >= 11 is 0. The molecule has 1 N–H and O–H groups in total. The quantitative estimate of drug-likeness (QED) is 0.780. The SMILES string of the molecule is CCC[C@@H](C(=O)OCC)N1CCC(NC(=O)c2ccccc2)CC1. The van der Waals surface area contributed by atoms with Crippen molar-refractivity contribution in [1.82, 2.24) is 10.2 Å². The average Bonchev–Trinajstić information content (AvgIpc) is 2.61. The van der Waals surface area contributed by atoms with Gasteiger partial charge >= 0.3 is 5.97 Å². The van der Waals surface area contributed by atoms with Crippen molar-refractivity contribution in [3.63, 3.8) is 0 Å². The van der Waals surface area contributed by atoms with Crippen LogP contribution in [0.5, 0.6) is 0 Å². The number of piperidine rings is 1. The molecular formula is C19H28N2O3. The Morgan fingerprint density at radius 1 is 1.21 bits per heavy atom. The summed E-state index contributed by atoms with van der Waals surface area (Å²) in [6, 6.07) is 9.29. The summed E-state index contributed by atoms with van der Waals surface area (Å²) in [5, 5.41) is 3.10. The molecule has 1 aromatic carbocycles. The Labute approximate surface area is 144 Å². The van der Waals surface area contributed by atoms with Crippen LogP contribution in [0.4, 0.5) is 0 Å². The molecule has 132 valence electrons. The van der Waals surface area contributed by atoms with E-state index < -0.39 is 0 Å². The van der Waals surface area contributed by atoms with E-state index in [9.17, 15) is 9.59 Å². The van der Waals surface area contributed by atoms with E-state index in [0.29, 0.717) is 12.2 Å². The van der Waals surface area contributed by atoms with Gasteiger partial charge in [-0.1, -0.05) is 31.5 Å². The van der Waals surface area contributed by atoms with E-state index in [0.717, 1.165) is 38.8 Å². The lowest BCUT2D eigenvalue weighted by molar-refractivity contribution is -0.150. The number of nitrogens with zero attached hydrogens (tertiary/aromatic N) is 1. The van der Waals surface area contributed by atoms with Gasteiger partial charge in [-0.3, -0.25) is 14.5 Å². The topological polar surface area (TPSA) is 58.6 Å². The van der Waals surface area contributed by atoms with E-state index in [2.05, 4.69) is 17.1 Å². The van der Waals surface area contributed by atoms with Gasteiger partial charge in [0.05, 0.1) is 6.61 Å². The van der Waals surface area contributed by atoms with Crippen LogP contribution in [-0.2, 0) is 9.53 Å². The summed E-state index contributed by atoms with van der Waals surface area (Å²) in [4.78, 5) is 26.6. The number of likely N-dealkylation sites (tertiary alicyclic amines) is 1. The minimum absolute atomic E-state index is 0.0236. The van der Waals surface area contributed by atoms with Crippen LogP contribution in [0.3, 0.4) is 0 Å². The maximum Gasteiger partial charge on any atom is 0.323 e. The third-order valence-electron chi connectivity index (χ3n) is 4.46. The molecule has 1 atom stereocenters. The largest absolute Gasteiger partial charge is 0.465 e. The van der Waals surface area contributed by atoms with Gasteiger partial charge in [-0.2, -0.15) is 0 Å². The lowest BCUT2D eigenvalue weighted by Gasteiger charge is -2.36. The van der Waals surface area contributed by atoms with Gasteiger partial charge in [0.2, 0.25) is 0 Å². The van der Waals surface area contributed by atoms with Gasteiger partial charge in [0.25, 0.3) is 5.91 Å². The fourth-order valence-corrected chi connectivity index (χ4v) is 3.18. The first-order valence-corrected chi connectivity index (χ1v) is 8.92. The molecule has 1 aliphatic heterocycles. The zero-order valence-electron chi connectivity index (χ0n) is 14.7. The number of esters is 1. The number of carbonyl (C=O) groups is 2. The van der Waals surface area contributed by atoms with Crippen molar-refractivity contribution in [1.29, 1.82) is 0 Å². The predicted octanol–water partition coefficient (Wildman–Crippen LogP) is 2.61. The molecule has 1 aromatic rings. The lowest BCUT2D eigenvalue weighted by Crippen LogP contribution is -2.50. The maximum absolute atomic E-state index is 12.2. The number of ether oxygens (including phenoxy) is 1. The van der Waals surface area contributed by atoms with Crippen molar-refractivity contribution in [2.45, 2.75) is 51.6 Å². The Morgan fingerprint density at radius 2 is 1.88 bits per heavy atom. The normalized spacial score (nSPS) is 17.2. The summed E-state index contributed by atoms with van der Waals surface area (Å²) in [7, 11) is 0. The molecule has 5 nitrogen and oxygen atoms in total. The number of nitrogens with one attached hydrogen (secondary N) is 1. The molecule has 0 bridgehead atoms. The Hall–Kier alpha value is -1.88. The molecule has 1 aliphatic rings. The number of amides is 1. The third-order valence-corrected chi connectivity index (χ3v) is 4.46. The second kappa shape index (κ2) is 9.42. The van der Waals surface area contributed by atoms with E-state index in [1.165, 1.54) is 0 Å². The first-order chi connectivity index (χ1) is 11.7. The first kappa shape index (κ1) is 18.5. The Balaban J connectivity index is 1.85. The van der Waals surface area contributed by atoms with Gasteiger partial charge in [0.1, 0.15) is 6.04 Å². The highest BCUT2D eigenvalue weighted by Gasteiger charge is 2.30. The number of carbonyl (C=O) groups excluding carboxylic acids is 2. The fourth-order valence-electron chi connectivity index (χ4n) is 3.18. The summed E-state index contributed by atoms with van der Waals surface area (Å²) < 4.78 is 5.21. The monoisotopic (exact) mass is 332 g/mol. The molecule has 0 spiro atoms. The maximum atomic E-state index is 12.2. The van der Waals surface area contributed by atoms with Crippen LogP contribution in [0.2, 0.25) is 0 Å². The van der Waals surface area contributed by atoms with Crippen LogP contribution < -0.4 is 5.32 Å². The smallest absolute Gasteiger partial charge is 0.323 e. The van der Waals surface area contributed by atoms with E-state index in [-0.39, 0.29) is 24.0 Å². The summed E-state index contributed by atoms with van der Waals surface area (Å²) in [6.07, 6.45) is 3.49. The van der Waals surface area contributed by atoms with E-state index >= 15 is 0 Å². The molecule has 0 saturated carbocycles. The van der Waals surface area contributed by atoms with Gasteiger partial charge in [-0.05, 0) is 38.3 Å². The number of hydrogen-bond acceptors (Lipinski definition) is 4. The molecule has 0 aromatic heterocycles. The van der Waals surface area contributed by atoms with Crippen LogP contribution >= 0.6 is 0 Å². The Morgan fingerprint density at radius 3 is 2.46 bits per heavy atom. The highest BCUT2D eigenvalue weighted by Crippen LogP contribution is 2.18. The van der Waals surface area contributed by atoms with Crippen molar-refractivity contribution in [2.75, 3.05) is 19.7 Å². The molecule has 24 heavy (non-hydrogen) atoms. The third kappa shape index (κ3) is 5.06. The average molecular weight is 332 g/mol. The molecule has 1 amide bonds. The Bertz CT molecular complexity index is 525. The minimum Gasteiger partial charge on any atom is -0.465 e. The fraction of sp³-hybridized carbons (Fsp3) is 0.579. The molecule has 0 aliphatic carbocycles. The van der Waals surface area contributed by atoms with Crippen LogP contribution in [-0.4, -0.2) is 48.6 Å². The van der Waals surface area contributed by atoms with Gasteiger partial charge in [0, 0.05) is 24.7 Å². The number of benzene rings is 1. The molecule has 2 rings (SSSR count). The number of rotatable bonds is 7. The molecule has 1 heterocycles. The highest BCUT2D eigenvalue weighted by atomic mass is 16.5.